The molecule has 33 heavy (non-hydrogen) atoms. The van der Waals surface area contributed by atoms with Crippen LogP contribution in [0.2, 0.25) is 0 Å². The lowest BCUT2D eigenvalue weighted by Gasteiger charge is -2.07. The number of aliphatic carboxylic acids is 1. The third-order valence-electron chi connectivity index (χ3n) is 3.77. The van der Waals surface area contributed by atoms with Gasteiger partial charge in [0.15, 0.2) is 0 Å². The molecule has 0 amide bonds. The summed E-state index contributed by atoms with van der Waals surface area (Å²) in [6.45, 7) is 17.6. The fourth-order valence-electron chi connectivity index (χ4n) is 1.76. The van der Waals surface area contributed by atoms with Gasteiger partial charge in [-0.3, -0.25) is 0 Å². The highest BCUT2D eigenvalue weighted by atomic mass is 16.6. The number of carbonyl (C=O) groups is 3. The molecule has 0 heterocycles. The number of carboxylic acids is 1. The van der Waals surface area contributed by atoms with Crippen molar-refractivity contribution in [3.8, 4) is 0 Å². The maximum absolute atomic E-state index is 11.6. The number of hydrogen-bond donors (Lipinski definition) is 1. The Bertz CT molecular complexity index is 623. The van der Waals surface area contributed by atoms with Crippen molar-refractivity contribution in [1.29, 1.82) is 0 Å². The minimum absolute atomic E-state index is 0.110. The summed E-state index contributed by atoms with van der Waals surface area (Å²) in [4.78, 5) is 32.9. The number of ether oxygens (including phenoxy) is 5. The number of carbonyl (C=O) groups excluding carboxylic acids is 2. The fraction of sp³-hybridized carbons (Fsp3) is 0.625. The third-order valence-corrected chi connectivity index (χ3v) is 3.77. The summed E-state index contributed by atoms with van der Waals surface area (Å²) in [5.41, 5.74) is 0.826. The molecule has 0 spiro atoms. The van der Waals surface area contributed by atoms with Crippen LogP contribution in [0, 0.1) is 0 Å². The zero-order chi connectivity index (χ0) is 25.5. The van der Waals surface area contributed by atoms with Crippen LogP contribution in [-0.4, -0.2) is 75.9 Å². The first-order valence-corrected chi connectivity index (χ1v) is 11.0. The van der Waals surface area contributed by atoms with Crippen LogP contribution in [0.4, 0.5) is 0 Å². The Morgan fingerprint density at radius 3 is 1.79 bits per heavy atom. The van der Waals surface area contributed by atoms with Gasteiger partial charge in [0.2, 0.25) is 0 Å². The molecule has 1 N–H and O–H groups in total. The molecule has 0 unspecified atom stereocenters. The number of carboxylic acid groups (broad SMARTS) is 1. The summed E-state index contributed by atoms with van der Waals surface area (Å²) in [5, 5.41) is 8.69. The Morgan fingerprint density at radius 2 is 1.30 bits per heavy atom. The SMILES string of the molecule is C=C(C)C(=O)OCCCC.C=C(CC=C(C)C(=O)O)C(=O)OCCOCCOCCOCC. The van der Waals surface area contributed by atoms with Gasteiger partial charge in [0.1, 0.15) is 6.61 Å². The van der Waals surface area contributed by atoms with Crippen molar-refractivity contribution in [3.05, 3.63) is 36.0 Å². The zero-order valence-electron chi connectivity index (χ0n) is 20.5. The van der Waals surface area contributed by atoms with Crippen molar-refractivity contribution in [1.82, 2.24) is 0 Å². The van der Waals surface area contributed by atoms with Gasteiger partial charge in [0, 0.05) is 23.3 Å². The number of esters is 2. The first kappa shape index (κ1) is 32.7. The number of allylic oxidation sites excluding steroid dienone is 1. The van der Waals surface area contributed by atoms with Gasteiger partial charge in [0.25, 0.3) is 0 Å². The molecular formula is C24H40O9. The van der Waals surface area contributed by atoms with E-state index in [4.69, 9.17) is 28.8 Å². The molecule has 190 valence electrons. The fourth-order valence-corrected chi connectivity index (χ4v) is 1.76. The van der Waals surface area contributed by atoms with Crippen molar-refractivity contribution in [3.63, 3.8) is 0 Å². The second-order valence-corrected chi connectivity index (χ2v) is 6.83. The van der Waals surface area contributed by atoms with Crippen LogP contribution in [0.25, 0.3) is 0 Å². The molecule has 0 aromatic carbocycles. The summed E-state index contributed by atoms with van der Waals surface area (Å²) in [7, 11) is 0. The Kier molecular flexibility index (Phi) is 22.5. The van der Waals surface area contributed by atoms with Crippen molar-refractivity contribution < 1.29 is 43.2 Å². The molecule has 0 aliphatic carbocycles. The Hall–Kier alpha value is -2.49. The van der Waals surface area contributed by atoms with Crippen molar-refractivity contribution in [2.45, 2.75) is 47.0 Å². The normalized spacial score (nSPS) is 10.6. The number of unbranched alkanes of at least 4 members (excludes halogenated alkanes) is 1. The van der Waals surface area contributed by atoms with Gasteiger partial charge in [0.05, 0.1) is 39.6 Å². The van der Waals surface area contributed by atoms with Gasteiger partial charge in [-0.1, -0.05) is 32.6 Å². The quantitative estimate of drug-likeness (QED) is 0.182. The molecule has 0 bridgehead atoms. The van der Waals surface area contributed by atoms with Crippen LogP contribution in [0.15, 0.2) is 36.0 Å². The topological polar surface area (TPSA) is 118 Å². The molecular weight excluding hydrogens is 432 g/mol. The lowest BCUT2D eigenvalue weighted by molar-refractivity contribution is -0.141. The van der Waals surface area contributed by atoms with Gasteiger partial charge < -0.3 is 28.8 Å². The smallest absolute Gasteiger partial charge is 0.333 e. The standard InChI is InChI=1S/C16H26O7.C8H14O2/c1-4-20-7-8-21-9-10-22-11-12-23-16(19)14(3)6-5-13(2)15(17)18;1-4-5-6-10-8(9)7(2)3/h5H,3-4,6-12H2,1-2H3,(H,17,18);2,4-6H2,1,3H3. The second-order valence-electron chi connectivity index (χ2n) is 6.83. The van der Waals surface area contributed by atoms with E-state index in [-0.39, 0.29) is 36.8 Å². The highest BCUT2D eigenvalue weighted by molar-refractivity contribution is 5.89. The van der Waals surface area contributed by atoms with Crippen LogP contribution in [0.1, 0.15) is 47.0 Å². The Morgan fingerprint density at radius 1 is 0.788 bits per heavy atom. The number of rotatable bonds is 18. The van der Waals surface area contributed by atoms with Crippen LogP contribution >= 0.6 is 0 Å². The van der Waals surface area contributed by atoms with Crippen molar-refractivity contribution in [2.75, 3.05) is 52.9 Å². The molecule has 0 rings (SSSR count). The first-order valence-electron chi connectivity index (χ1n) is 11.0. The van der Waals surface area contributed by atoms with E-state index in [2.05, 4.69) is 20.1 Å². The van der Waals surface area contributed by atoms with E-state index < -0.39 is 11.9 Å². The minimum Gasteiger partial charge on any atom is -0.478 e. The lowest BCUT2D eigenvalue weighted by Crippen LogP contribution is -2.14. The molecule has 0 saturated carbocycles. The zero-order valence-corrected chi connectivity index (χ0v) is 20.5. The number of hydrogen-bond acceptors (Lipinski definition) is 8. The van der Waals surface area contributed by atoms with Gasteiger partial charge in [-0.25, -0.2) is 14.4 Å². The van der Waals surface area contributed by atoms with Gasteiger partial charge >= 0.3 is 17.9 Å². The molecule has 0 aliphatic rings. The summed E-state index contributed by atoms with van der Waals surface area (Å²) < 4.78 is 25.4. The molecule has 0 aromatic rings. The van der Waals surface area contributed by atoms with E-state index in [0.717, 1.165) is 12.8 Å². The molecule has 0 saturated heterocycles. The molecule has 0 aromatic heterocycles. The van der Waals surface area contributed by atoms with E-state index in [0.29, 0.717) is 45.2 Å². The van der Waals surface area contributed by atoms with Crippen LogP contribution in [0.5, 0.6) is 0 Å². The summed E-state index contributed by atoms with van der Waals surface area (Å²) in [6.07, 6.45) is 3.54. The van der Waals surface area contributed by atoms with E-state index >= 15 is 0 Å². The highest BCUT2D eigenvalue weighted by Crippen LogP contribution is 2.05. The maximum Gasteiger partial charge on any atom is 0.333 e. The molecule has 0 aliphatic heterocycles. The largest absolute Gasteiger partial charge is 0.478 e. The molecule has 9 nitrogen and oxygen atoms in total. The molecule has 0 atom stereocenters. The predicted molar refractivity (Wildman–Crippen MR) is 125 cm³/mol. The van der Waals surface area contributed by atoms with Crippen LogP contribution < -0.4 is 0 Å². The Balaban J connectivity index is 0. The van der Waals surface area contributed by atoms with Gasteiger partial charge in [-0.2, -0.15) is 0 Å². The maximum atomic E-state index is 11.6. The highest BCUT2D eigenvalue weighted by Gasteiger charge is 2.08. The molecule has 0 radical (unpaired) electrons. The lowest BCUT2D eigenvalue weighted by atomic mass is 10.1. The monoisotopic (exact) mass is 472 g/mol. The summed E-state index contributed by atoms with van der Waals surface area (Å²) >= 11 is 0. The van der Waals surface area contributed by atoms with Gasteiger partial charge in [-0.05, 0) is 33.6 Å². The average molecular weight is 473 g/mol. The predicted octanol–water partition coefficient (Wildman–Crippen LogP) is 3.48. The van der Waals surface area contributed by atoms with E-state index in [1.54, 1.807) is 6.92 Å². The van der Waals surface area contributed by atoms with Crippen LogP contribution in [0.3, 0.4) is 0 Å². The van der Waals surface area contributed by atoms with Crippen molar-refractivity contribution >= 4 is 17.9 Å². The third kappa shape index (κ3) is 22.5. The average Bonchev–Trinajstić information content (AvgIpc) is 2.78. The Labute approximate surface area is 197 Å². The van der Waals surface area contributed by atoms with E-state index in [1.807, 2.05) is 6.92 Å². The van der Waals surface area contributed by atoms with E-state index in [9.17, 15) is 14.4 Å². The summed E-state index contributed by atoms with van der Waals surface area (Å²) in [6, 6.07) is 0. The minimum atomic E-state index is -1.02. The van der Waals surface area contributed by atoms with Crippen LogP contribution in [-0.2, 0) is 38.1 Å². The molecule has 9 heteroatoms. The summed E-state index contributed by atoms with van der Waals surface area (Å²) in [5.74, 6) is -1.87. The molecule has 0 fully saturated rings. The van der Waals surface area contributed by atoms with E-state index in [1.165, 1.54) is 13.0 Å². The first-order chi connectivity index (χ1) is 15.7. The van der Waals surface area contributed by atoms with Gasteiger partial charge in [-0.15, -0.1) is 0 Å². The van der Waals surface area contributed by atoms with Crippen molar-refractivity contribution in [2.24, 2.45) is 0 Å². The second kappa shape index (κ2) is 22.7.